The van der Waals surface area contributed by atoms with E-state index in [9.17, 15) is 0 Å². The summed E-state index contributed by atoms with van der Waals surface area (Å²) in [6, 6.07) is 8.85. The van der Waals surface area contributed by atoms with E-state index in [4.69, 9.17) is 4.74 Å². The maximum absolute atomic E-state index is 5.38. The Bertz CT molecular complexity index is 472. The van der Waals surface area contributed by atoms with Crippen LogP contribution in [0.2, 0.25) is 0 Å². The highest BCUT2D eigenvalue weighted by Gasteiger charge is 2.10. The fourth-order valence-corrected chi connectivity index (χ4v) is 2.62. The molecule has 0 spiro atoms. The highest BCUT2D eigenvalue weighted by Crippen LogP contribution is 2.09. The summed E-state index contributed by atoms with van der Waals surface area (Å²) in [5.74, 6) is 0.929. The molecule has 1 aromatic carbocycles. The monoisotopic (exact) mass is 416 g/mol. The Kier molecular flexibility index (Phi) is 7.41. The number of hydrogen-bond donors (Lipinski definition) is 2. The third kappa shape index (κ3) is 5.40. The minimum Gasteiger partial charge on any atom is -0.379 e. The van der Waals surface area contributed by atoms with Gasteiger partial charge in [-0.3, -0.25) is 9.89 Å². The van der Waals surface area contributed by atoms with Crippen molar-refractivity contribution in [2.45, 2.75) is 19.5 Å². The molecule has 1 saturated heterocycles. The van der Waals surface area contributed by atoms with Gasteiger partial charge in [0.25, 0.3) is 0 Å². The van der Waals surface area contributed by atoms with E-state index in [2.05, 4.69) is 44.8 Å². The van der Waals surface area contributed by atoms with Gasteiger partial charge in [0.1, 0.15) is 0 Å². The van der Waals surface area contributed by atoms with Gasteiger partial charge >= 0.3 is 0 Å². The topological polar surface area (TPSA) is 48.9 Å². The van der Waals surface area contributed by atoms with Crippen LogP contribution in [0.5, 0.6) is 0 Å². The fraction of sp³-hybridized carbons (Fsp3) is 0.562. The number of hydrogen-bond acceptors (Lipinski definition) is 5. The minimum atomic E-state index is 0. The summed E-state index contributed by atoms with van der Waals surface area (Å²) in [6.45, 7) is 7.57. The molecule has 0 unspecified atom stereocenters. The van der Waals surface area contributed by atoms with Crippen molar-refractivity contribution in [3.05, 3.63) is 35.4 Å². The van der Waals surface area contributed by atoms with E-state index in [-0.39, 0.29) is 24.0 Å². The van der Waals surface area contributed by atoms with E-state index in [1.807, 2.05) is 0 Å². The second kappa shape index (κ2) is 9.32. The SMILES string of the molecule is I.c1cc(CN2CCOCC2)ccc1CNC1=NCCCN1. The van der Waals surface area contributed by atoms with E-state index < -0.39 is 0 Å². The van der Waals surface area contributed by atoms with Crippen molar-refractivity contribution in [3.63, 3.8) is 0 Å². The first kappa shape index (κ1) is 17.5. The van der Waals surface area contributed by atoms with Gasteiger partial charge in [0.15, 0.2) is 5.96 Å². The maximum atomic E-state index is 5.38. The van der Waals surface area contributed by atoms with Crippen molar-refractivity contribution in [1.82, 2.24) is 15.5 Å². The third-order valence-electron chi connectivity index (χ3n) is 3.89. The Morgan fingerprint density at radius 3 is 2.55 bits per heavy atom. The lowest BCUT2D eigenvalue weighted by atomic mass is 10.1. The smallest absolute Gasteiger partial charge is 0.191 e. The zero-order valence-electron chi connectivity index (χ0n) is 12.9. The number of nitrogens with one attached hydrogen (secondary N) is 2. The third-order valence-corrected chi connectivity index (χ3v) is 3.89. The van der Waals surface area contributed by atoms with Crippen LogP contribution in [-0.4, -0.2) is 50.3 Å². The lowest BCUT2D eigenvalue weighted by Crippen LogP contribution is -2.40. The lowest BCUT2D eigenvalue weighted by Gasteiger charge is -2.26. The largest absolute Gasteiger partial charge is 0.379 e. The first-order chi connectivity index (χ1) is 10.4. The molecular weight excluding hydrogens is 391 g/mol. The van der Waals surface area contributed by atoms with Crippen molar-refractivity contribution in [2.24, 2.45) is 4.99 Å². The zero-order chi connectivity index (χ0) is 14.3. The van der Waals surface area contributed by atoms with Crippen LogP contribution in [0.25, 0.3) is 0 Å². The highest BCUT2D eigenvalue weighted by molar-refractivity contribution is 14.0. The zero-order valence-corrected chi connectivity index (χ0v) is 15.2. The second-order valence-electron chi connectivity index (χ2n) is 5.57. The number of ether oxygens (including phenoxy) is 1. The van der Waals surface area contributed by atoms with Crippen molar-refractivity contribution in [3.8, 4) is 0 Å². The average molecular weight is 416 g/mol. The number of benzene rings is 1. The van der Waals surface area contributed by atoms with Gasteiger partial charge in [-0.25, -0.2) is 0 Å². The van der Waals surface area contributed by atoms with Crippen molar-refractivity contribution < 1.29 is 4.74 Å². The van der Waals surface area contributed by atoms with Crippen LogP contribution in [0.3, 0.4) is 0 Å². The van der Waals surface area contributed by atoms with Gasteiger partial charge in [-0.1, -0.05) is 24.3 Å². The van der Waals surface area contributed by atoms with E-state index in [0.717, 1.165) is 64.9 Å². The molecule has 2 heterocycles. The lowest BCUT2D eigenvalue weighted by molar-refractivity contribution is 0.0342. The number of morpholine rings is 1. The fourth-order valence-electron chi connectivity index (χ4n) is 2.62. The van der Waals surface area contributed by atoms with Crippen LogP contribution in [-0.2, 0) is 17.8 Å². The average Bonchev–Trinajstić information content (AvgIpc) is 2.56. The first-order valence-corrected chi connectivity index (χ1v) is 7.80. The summed E-state index contributed by atoms with van der Waals surface area (Å²) in [7, 11) is 0. The predicted octanol–water partition coefficient (Wildman–Crippen LogP) is 1.58. The Labute approximate surface area is 149 Å². The summed E-state index contributed by atoms with van der Waals surface area (Å²) in [5.41, 5.74) is 2.66. The van der Waals surface area contributed by atoms with E-state index in [1.165, 1.54) is 11.1 Å². The molecule has 0 saturated carbocycles. The van der Waals surface area contributed by atoms with Crippen LogP contribution < -0.4 is 10.6 Å². The predicted molar refractivity (Wildman–Crippen MR) is 99.7 cm³/mol. The maximum Gasteiger partial charge on any atom is 0.191 e. The molecule has 1 aromatic rings. The van der Waals surface area contributed by atoms with Gasteiger partial charge in [-0.2, -0.15) is 0 Å². The summed E-state index contributed by atoms with van der Waals surface area (Å²) in [4.78, 5) is 6.86. The molecule has 2 N–H and O–H groups in total. The molecule has 0 bridgehead atoms. The molecule has 0 aliphatic carbocycles. The molecule has 0 atom stereocenters. The molecule has 2 aliphatic rings. The minimum absolute atomic E-state index is 0. The van der Waals surface area contributed by atoms with Gasteiger partial charge in [-0.05, 0) is 17.5 Å². The quantitative estimate of drug-likeness (QED) is 0.732. The van der Waals surface area contributed by atoms with Crippen molar-refractivity contribution >= 4 is 29.9 Å². The molecule has 5 nitrogen and oxygen atoms in total. The van der Waals surface area contributed by atoms with Gasteiger partial charge < -0.3 is 15.4 Å². The second-order valence-corrected chi connectivity index (χ2v) is 5.57. The van der Waals surface area contributed by atoms with Gasteiger partial charge in [0.05, 0.1) is 13.2 Å². The molecular formula is C16H25IN4O. The molecule has 0 amide bonds. The van der Waals surface area contributed by atoms with E-state index in [1.54, 1.807) is 0 Å². The van der Waals surface area contributed by atoms with Gasteiger partial charge in [-0.15, -0.1) is 24.0 Å². The summed E-state index contributed by atoms with van der Waals surface area (Å²) < 4.78 is 5.38. The van der Waals surface area contributed by atoms with Crippen molar-refractivity contribution in [2.75, 3.05) is 39.4 Å². The number of aliphatic imine (C=N–C) groups is 1. The van der Waals surface area contributed by atoms with E-state index >= 15 is 0 Å². The van der Waals surface area contributed by atoms with Crippen LogP contribution in [0.1, 0.15) is 17.5 Å². The van der Waals surface area contributed by atoms with Gasteiger partial charge in [0, 0.05) is 39.3 Å². The Morgan fingerprint density at radius 1 is 1.14 bits per heavy atom. The molecule has 22 heavy (non-hydrogen) atoms. The van der Waals surface area contributed by atoms with Gasteiger partial charge in [0.2, 0.25) is 0 Å². The Balaban J connectivity index is 0.00000176. The Hall–Kier alpha value is -0.860. The van der Waals surface area contributed by atoms with Crippen LogP contribution in [0.4, 0.5) is 0 Å². The highest BCUT2D eigenvalue weighted by atomic mass is 127. The number of rotatable bonds is 4. The van der Waals surface area contributed by atoms with Crippen molar-refractivity contribution in [1.29, 1.82) is 0 Å². The molecule has 1 fully saturated rings. The van der Waals surface area contributed by atoms with Crippen LogP contribution in [0, 0.1) is 0 Å². The summed E-state index contributed by atoms with van der Waals surface area (Å²) in [5, 5.41) is 6.63. The van der Waals surface area contributed by atoms with E-state index in [0.29, 0.717) is 0 Å². The van der Waals surface area contributed by atoms with Crippen LogP contribution in [0.15, 0.2) is 29.3 Å². The first-order valence-electron chi connectivity index (χ1n) is 7.80. The number of nitrogens with zero attached hydrogens (tertiary/aromatic N) is 2. The molecule has 2 aliphatic heterocycles. The normalized spacial score (nSPS) is 18.8. The number of guanidine groups is 1. The molecule has 122 valence electrons. The summed E-state index contributed by atoms with van der Waals surface area (Å²) in [6.07, 6.45) is 1.13. The molecule has 6 heteroatoms. The summed E-state index contributed by atoms with van der Waals surface area (Å²) >= 11 is 0. The molecule has 3 rings (SSSR count). The number of halogens is 1. The standard InChI is InChI=1S/C16H24N4O.HI/c1-6-17-16(18-7-1)19-12-14-2-4-15(5-3-14)13-20-8-10-21-11-9-20;/h2-5H,1,6-13H2,(H2,17,18,19);1H. The Morgan fingerprint density at radius 2 is 1.86 bits per heavy atom. The molecule has 0 aromatic heterocycles. The molecule has 0 radical (unpaired) electrons. The van der Waals surface area contributed by atoms with Crippen LogP contribution >= 0.6 is 24.0 Å².